The minimum absolute atomic E-state index is 0.202. The molecule has 0 aromatic carbocycles. The van der Waals surface area contributed by atoms with Crippen LogP contribution in [-0.2, 0) is 14.6 Å². The summed E-state index contributed by atoms with van der Waals surface area (Å²) in [5.41, 5.74) is 0. The predicted octanol–water partition coefficient (Wildman–Crippen LogP) is 5.04. The first-order chi connectivity index (χ1) is 11.6. The number of carbonyl (C=O) groups is 1. The van der Waals surface area contributed by atoms with Crippen LogP contribution in [0.2, 0.25) is 0 Å². The number of rotatable bonds is 17. The average molecular weight is 346 g/mol. The van der Waals surface area contributed by atoms with E-state index < -0.39 is 12.1 Å². The Morgan fingerprint density at radius 1 is 0.833 bits per heavy atom. The van der Waals surface area contributed by atoms with Gasteiger partial charge in [-0.2, -0.15) is 0 Å². The van der Waals surface area contributed by atoms with Crippen molar-refractivity contribution >= 4 is 5.97 Å². The Morgan fingerprint density at radius 3 is 1.71 bits per heavy atom. The Balaban J connectivity index is 3.87. The molecular formula is C18H34O6. The lowest BCUT2D eigenvalue weighted by Crippen LogP contribution is -2.11. The number of hydrogen-bond acceptors (Lipinski definition) is 5. The minimum atomic E-state index is -0.765. The van der Waals surface area contributed by atoms with E-state index in [0.717, 1.165) is 38.5 Å². The quantitative estimate of drug-likeness (QED) is 0.148. The maximum absolute atomic E-state index is 10.4. The highest BCUT2D eigenvalue weighted by molar-refractivity contribution is 5.66. The zero-order chi connectivity index (χ0) is 18.0. The van der Waals surface area contributed by atoms with Crippen LogP contribution in [0.15, 0.2) is 12.2 Å². The summed E-state index contributed by atoms with van der Waals surface area (Å²) in [5, 5.41) is 26.4. The highest BCUT2D eigenvalue weighted by Gasteiger charge is 2.09. The number of carboxylic acid groups (broad SMARTS) is 1. The first kappa shape index (κ1) is 23.1. The Hall–Kier alpha value is -0.950. The Kier molecular flexibility index (Phi) is 16.2. The highest BCUT2D eigenvalue weighted by Crippen LogP contribution is 2.13. The van der Waals surface area contributed by atoms with E-state index in [1.54, 1.807) is 12.2 Å². The van der Waals surface area contributed by atoms with Crippen molar-refractivity contribution in [1.82, 2.24) is 0 Å². The summed E-state index contributed by atoms with van der Waals surface area (Å²) in [6.07, 6.45) is 13.2. The molecule has 0 radical (unpaired) electrons. The molecule has 0 bridgehead atoms. The number of unbranched alkanes of at least 4 members (excludes halogenated alkanes) is 7. The molecule has 0 rings (SSSR count). The molecule has 0 aliphatic heterocycles. The van der Waals surface area contributed by atoms with E-state index in [4.69, 9.17) is 15.6 Å². The largest absolute Gasteiger partial charge is 0.481 e. The van der Waals surface area contributed by atoms with E-state index in [-0.39, 0.29) is 12.5 Å². The van der Waals surface area contributed by atoms with Crippen molar-refractivity contribution < 1.29 is 30.2 Å². The lowest BCUT2D eigenvalue weighted by atomic mass is 10.1. The molecule has 0 aliphatic rings. The van der Waals surface area contributed by atoms with E-state index in [2.05, 4.69) is 16.7 Å². The van der Waals surface area contributed by atoms with E-state index in [1.165, 1.54) is 19.3 Å². The van der Waals surface area contributed by atoms with Crippen LogP contribution in [0.25, 0.3) is 0 Å². The molecule has 0 aromatic heterocycles. The lowest BCUT2D eigenvalue weighted by molar-refractivity contribution is -0.271. The van der Waals surface area contributed by atoms with Gasteiger partial charge in [0.05, 0.1) is 0 Å². The number of hydrogen-bond donors (Lipinski definition) is 3. The van der Waals surface area contributed by atoms with Crippen LogP contribution in [-0.4, -0.2) is 33.8 Å². The van der Waals surface area contributed by atoms with Crippen LogP contribution in [0.5, 0.6) is 0 Å². The van der Waals surface area contributed by atoms with Crippen molar-refractivity contribution in [3.05, 3.63) is 12.2 Å². The van der Waals surface area contributed by atoms with Gasteiger partial charge in [-0.05, 0) is 19.3 Å². The van der Waals surface area contributed by atoms with Crippen molar-refractivity contribution in [3.63, 3.8) is 0 Å². The molecule has 6 nitrogen and oxygen atoms in total. The van der Waals surface area contributed by atoms with Crippen molar-refractivity contribution in [1.29, 1.82) is 0 Å². The first-order valence-electron chi connectivity index (χ1n) is 9.14. The van der Waals surface area contributed by atoms with Gasteiger partial charge in [-0.25, -0.2) is 9.78 Å². The van der Waals surface area contributed by atoms with Gasteiger partial charge in [-0.3, -0.25) is 15.3 Å². The topological polar surface area (TPSA) is 96.2 Å². The van der Waals surface area contributed by atoms with Crippen LogP contribution in [0.3, 0.4) is 0 Å². The second kappa shape index (κ2) is 16.9. The zero-order valence-corrected chi connectivity index (χ0v) is 14.9. The predicted molar refractivity (Wildman–Crippen MR) is 92.9 cm³/mol. The maximum Gasteiger partial charge on any atom is 0.303 e. The van der Waals surface area contributed by atoms with Crippen molar-refractivity contribution in [2.75, 3.05) is 0 Å². The van der Waals surface area contributed by atoms with Crippen molar-refractivity contribution in [2.24, 2.45) is 0 Å². The molecule has 0 amide bonds. The summed E-state index contributed by atoms with van der Waals surface area (Å²) in [6.45, 7) is 2.17. The van der Waals surface area contributed by atoms with Gasteiger partial charge in [0.2, 0.25) is 0 Å². The van der Waals surface area contributed by atoms with Gasteiger partial charge in [-0.1, -0.05) is 70.4 Å². The summed E-state index contributed by atoms with van der Waals surface area (Å²) >= 11 is 0. The zero-order valence-electron chi connectivity index (χ0n) is 14.9. The van der Waals surface area contributed by atoms with Crippen LogP contribution < -0.4 is 0 Å². The van der Waals surface area contributed by atoms with Gasteiger partial charge in [-0.15, -0.1) is 0 Å². The molecule has 0 spiro atoms. The summed E-state index contributed by atoms with van der Waals surface area (Å²) < 4.78 is 0. The second-order valence-corrected chi connectivity index (χ2v) is 6.22. The second-order valence-electron chi connectivity index (χ2n) is 6.22. The monoisotopic (exact) mass is 346 g/mol. The van der Waals surface area contributed by atoms with Gasteiger partial charge < -0.3 is 5.11 Å². The third-order valence-electron chi connectivity index (χ3n) is 4.03. The highest BCUT2D eigenvalue weighted by atomic mass is 17.1. The van der Waals surface area contributed by atoms with E-state index >= 15 is 0 Å². The number of aliphatic carboxylic acids is 1. The Morgan fingerprint density at radius 2 is 1.29 bits per heavy atom. The molecule has 0 fully saturated rings. The molecule has 142 valence electrons. The third kappa shape index (κ3) is 14.6. The molecule has 0 heterocycles. The fourth-order valence-electron chi connectivity index (χ4n) is 2.54. The lowest BCUT2D eigenvalue weighted by Gasteiger charge is -2.12. The molecule has 6 heteroatoms. The summed E-state index contributed by atoms with van der Waals surface area (Å²) in [4.78, 5) is 19.3. The van der Waals surface area contributed by atoms with Gasteiger partial charge >= 0.3 is 5.97 Å². The van der Waals surface area contributed by atoms with Gasteiger partial charge in [0, 0.05) is 6.42 Å². The van der Waals surface area contributed by atoms with Crippen LogP contribution in [0.1, 0.15) is 84.0 Å². The molecule has 24 heavy (non-hydrogen) atoms. The number of carboxylic acids is 1. The summed E-state index contributed by atoms with van der Waals surface area (Å²) in [7, 11) is 0. The molecule has 2 unspecified atom stereocenters. The Bertz CT molecular complexity index is 319. The van der Waals surface area contributed by atoms with Crippen molar-refractivity contribution in [3.8, 4) is 0 Å². The minimum Gasteiger partial charge on any atom is -0.481 e. The molecule has 2 atom stereocenters. The third-order valence-corrected chi connectivity index (χ3v) is 4.03. The van der Waals surface area contributed by atoms with E-state index in [9.17, 15) is 4.79 Å². The standard InChI is InChI=1S/C18H34O6/c1-2-3-4-5-8-11-16(23-21)14-15-17(24-22)12-9-6-7-10-13-18(19)20/h14-17,21-22H,2-13H2,1H3,(H,19,20)/b15-14+. The van der Waals surface area contributed by atoms with Gasteiger partial charge in [0.25, 0.3) is 0 Å². The molecule has 3 N–H and O–H groups in total. The van der Waals surface area contributed by atoms with Crippen LogP contribution in [0.4, 0.5) is 0 Å². The molecule has 0 saturated heterocycles. The van der Waals surface area contributed by atoms with Crippen LogP contribution >= 0.6 is 0 Å². The van der Waals surface area contributed by atoms with Crippen LogP contribution in [0, 0.1) is 0 Å². The molecule has 0 aromatic rings. The SMILES string of the molecule is CCCCCCCC(/C=C/C(CCCCCCC(=O)O)OO)OO. The van der Waals surface area contributed by atoms with Crippen molar-refractivity contribution in [2.45, 2.75) is 96.2 Å². The maximum atomic E-state index is 10.4. The van der Waals surface area contributed by atoms with E-state index in [0.29, 0.717) is 12.8 Å². The normalized spacial score (nSPS) is 14.1. The van der Waals surface area contributed by atoms with Gasteiger partial charge in [0.15, 0.2) is 0 Å². The smallest absolute Gasteiger partial charge is 0.303 e. The Labute approximate surface area is 145 Å². The summed E-state index contributed by atoms with van der Waals surface area (Å²) in [6, 6.07) is 0. The van der Waals surface area contributed by atoms with Gasteiger partial charge in [0.1, 0.15) is 12.2 Å². The molecular weight excluding hydrogens is 312 g/mol. The average Bonchev–Trinajstić information content (AvgIpc) is 2.57. The van der Waals surface area contributed by atoms with E-state index in [1.807, 2.05) is 0 Å². The molecule has 0 saturated carbocycles. The molecule has 0 aliphatic carbocycles. The fraction of sp³-hybridized carbons (Fsp3) is 0.833. The first-order valence-corrected chi connectivity index (χ1v) is 9.14. The fourth-order valence-corrected chi connectivity index (χ4v) is 2.54. The summed E-state index contributed by atoms with van der Waals surface area (Å²) in [5.74, 6) is -0.765.